The SMILES string of the molecule is CCC(C)[C@@H]1NC(=O)[C@H](CC(N)=O)NC(=O)[C@@H](N)CC(=O)NCCCC[C@@H](C(N)=O)NC(=O)[C@H](Cc2c[nH]c3ccccc23)NC(=O)[C@@H]2C[C@H](n3cc(C4C5CC6CC(C5)CC4C6)nn3)CN2C1=O. The number of nitrogens with two attached hydrogens (primary N) is 3. The fraction of sp³-hybridized carbons (Fsp3) is 0.625. The molecule has 2 aromatic heterocycles. The fourth-order valence-electron chi connectivity index (χ4n) is 12.0. The van der Waals surface area contributed by atoms with Crippen LogP contribution in [-0.2, 0) is 44.8 Å². The molecule has 0 spiro atoms. The number of carbonyl (C=O) groups is 8. The van der Waals surface area contributed by atoms with Gasteiger partial charge in [-0.05, 0) is 92.6 Å². The molecule has 2 saturated heterocycles. The van der Waals surface area contributed by atoms with Crippen LogP contribution >= 0.6 is 0 Å². The molecule has 1 unspecified atom stereocenters. The van der Waals surface area contributed by atoms with Gasteiger partial charge in [-0.15, -0.1) is 5.10 Å². The van der Waals surface area contributed by atoms with Crippen molar-refractivity contribution in [3.8, 4) is 0 Å². The predicted molar refractivity (Wildman–Crippen MR) is 251 cm³/mol. The molecule has 6 fully saturated rings. The second kappa shape index (κ2) is 21.1. The van der Waals surface area contributed by atoms with Crippen LogP contribution in [0.25, 0.3) is 10.9 Å². The van der Waals surface area contributed by atoms with Crippen molar-refractivity contribution in [3.05, 3.63) is 47.9 Å². The molecule has 0 radical (unpaired) electrons. The van der Waals surface area contributed by atoms with Gasteiger partial charge in [0.15, 0.2) is 0 Å². The molecule has 6 aliphatic rings. The average Bonchev–Trinajstić information content (AvgIpc) is 4.08. The van der Waals surface area contributed by atoms with Crippen molar-refractivity contribution in [2.45, 2.75) is 146 Å². The quantitative estimate of drug-likeness (QED) is 0.138. The topological polar surface area (TPSA) is 325 Å². The first-order chi connectivity index (χ1) is 33.1. The molecule has 3 aromatic rings. The van der Waals surface area contributed by atoms with Crippen molar-refractivity contribution in [3.63, 3.8) is 0 Å². The van der Waals surface area contributed by atoms with Gasteiger partial charge in [-0.1, -0.05) is 43.7 Å². The maximum Gasteiger partial charge on any atom is 0.246 e. The number of nitrogens with one attached hydrogen (secondary N) is 6. The van der Waals surface area contributed by atoms with E-state index in [-0.39, 0.29) is 38.3 Å². The van der Waals surface area contributed by atoms with E-state index < -0.39 is 108 Å². The maximum absolute atomic E-state index is 15.2. The highest BCUT2D eigenvalue weighted by atomic mass is 16.2. The summed E-state index contributed by atoms with van der Waals surface area (Å²) in [5, 5.41) is 23.7. The summed E-state index contributed by atoms with van der Waals surface area (Å²) in [6, 6.07) is -0.860. The van der Waals surface area contributed by atoms with E-state index in [4.69, 9.17) is 22.3 Å². The van der Waals surface area contributed by atoms with Gasteiger partial charge >= 0.3 is 0 Å². The van der Waals surface area contributed by atoms with E-state index in [0.717, 1.165) is 28.4 Å². The number of aromatic nitrogens is 4. The van der Waals surface area contributed by atoms with E-state index in [0.29, 0.717) is 36.7 Å². The van der Waals surface area contributed by atoms with Gasteiger partial charge in [-0.2, -0.15) is 0 Å². The van der Waals surface area contributed by atoms with Gasteiger partial charge in [-0.3, -0.25) is 38.4 Å². The first kappa shape index (κ1) is 49.1. The highest BCUT2D eigenvalue weighted by Crippen LogP contribution is 2.59. The second-order valence-corrected chi connectivity index (χ2v) is 20.3. The molecule has 8 amide bonds. The van der Waals surface area contributed by atoms with Gasteiger partial charge in [0, 0.05) is 55.1 Å². The Balaban J connectivity index is 1.13. The number of nitrogens with zero attached hydrogens (tertiary/aromatic N) is 4. The van der Waals surface area contributed by atoms with Gasteiger partial charge in [0.25, 0.3) is 0 Å². The van der Waals surface area contributed by atoms with E-state index in [1.807, 2.05) is 37.4 Å². The lowest BCUT2D eigenvalue weighted by Gasteiger charge is -2.53. The molecule has 69 heavy (non-hydrogen) atoms. The summed E-state index contributed by atoms with van der Waals surface area (Å²) >= 11 is 0. The zero-order valence-corrected chi connectivity index (χ0v) is 39.4. The molecule has 12 N–H and O–H groups in total. The zero-order valence-electron chi connectivity index (χ0n) is 39.4. The smallest absolute Gasteiger partial charge is 0.246 e. The molecule has 4 saturated carbocycles. The number of H-pyrrole nitrogens is 1. The predicted octanol–water partition coefficient (Wildman–Crippen LogP) is 0.0473. The van der Waals surface area contributed by atoms with Crippen molar-refractivity contribution < 1.29 is 38.4 Å². The molecule has 4 bridgehead atoms. The van der Waals surface area contributed by atoms with Crippen LogP contribution in [0.3, 0.4) is 0 Å². The Hall–Kier alpha value is -6.38. The first-order valence-corrected chi connectivity index (χ1v) is 24.6. The lowest BCUT2D eigenvalue weighted by atomic mass is 9.51. The minimum absolute atomic E-state index is 0.00171. The Bertz CT molecular complexity index is 2410. The van der Waals surface area contributed by atoms with Crippen LogP contribution in [0, 0.1) is 29.6 Å². The normalized spacial score (nSPS) is 32.4. The van der Waals surface area contributed by atoms with Crippen LogP contribution in [0.1, 0.15) is 114 Å². The van der Waals surface area contributed by atoms with Crippen LogP contribution in [0.2, 0.25) is 0 Å². The van der Waals surface area contributed by atoms with Crippen LogP contribution in [0.5, 0.6) is 0 Å². The van der Waals surface area contributed by atoms with Gasteiger partial charge < -0.3 is 53.7 Å². The summed E-state index contributed by atoms with van der Waals surface area (Å²) in [5.74, 6) is -3.69. The number of hydrogen-bond acceptors (Lipinski definition) is 11. The van der Waals surface area contributed by atoms with Crippen LogP contribution in [0.15, 0.2) is 36.7 Å². The molecule has 9 rings (SSSR count). The van der Waals surface area contributed by atoms with Crippen LogP contribution in [0.4, 0.5) is 0 Å². The minimum Gasteiger partial charge on any atom is -0.370 e. The Morgan fingerprint density at radius 2 is 1.54 bits per heavy atom. The molecule has 8 atom stereocenters. The number of aromatic amines is 1. The average molecular weight is 954 g/mol. The van der Waals surface area contributed by atoms with Crippen molar-refractivity contribution in [2.75, 3.05) is 13.1 Å². The molecule has 4 heterocycles. The third kappa shape index (κ3) is 11.1. The minimum atomic E-state index is -1.56. The molecule has 372 valence electrons. The van der Waals surface area contributed by atoms with Gasteiger partial charge in [0.05, 0.1) is 30.6 Å². The summed E-state index contributed by atoms with van der Waals surface area (Å²) in [4.78, 5) is 114. The number of hydrogen-bond donors (Lipinski definition) is 9. The molecule has 21 heteroatoms. The number of para-hydroxylation sites is 1. The molecule has 1 aromatic carbocycles. The van der Waals surface area contributed by atoms with Crippen LogP contribution in [-0.4, -0.2) is 121 Å². The summed E-state index contributed by atoms with van der Waals surface area (Å²) in [5.41, 5.74) is 19.9. The molecule has 2 aliphatic heterocycles. The van der Waals surface area contributed by atoms with Gasteiger partial charge in [0.2, 0.25) is 47.3 Å². The van der Waals surface area contributed by atoms with Crippen molar-refractivity contribution >= 4 is 58.2 Å². The largest absolute Gasteiger partial charge is 0.370 e. The fourth-order valence-corrected chi connectivity index (χ4v) is 12.0. The Kier molecular flexibility index (Phi) is 15.0. The third-order valence-electron chi connectivity index (χ3n) is 15.5. The van der Waals surface area contributed by atoms with E-state index in [1.54, 1.807) is 17.8 Å². The zero-order chi connectivity index (χ0) is 49.1. The van der Waals surface area contributed by atoms with Crippen molar-refractivity contribution in [2.24, 2.45) is 46.8 Å². The highest BCUT2D eigenvalue weighted by Gasteiger charge is 2.50. The van der Waals surface area contributed by atoms with Crippen LogP contribution < -0.4 is 43.8 Å². The van der Waals surface area contributed by atoms with E-state index in [1.165, 1.54) is 37.0 Å². The van der Waals surface area contributed by atoms with Gasteiger partial charge in [-0.25, -0.2) is 4.68 Å². The Labute approximate surface area is 400 Å². The number of rotatable bonds is 9. The van der Waals surface area contributed by atoms with E-state index >= 15 is 4.79 Å². The third-order valence-corrected chi connectivity index (χ3v) is 15.5. The Morgan fingerprint density at radius 3 is 2.23 bits per heavy atom. The summed E-state index contributed by atoms with van der Waals surface area (Å²) in [7, 11) is 0. The number of carbonyl (C=O) groups excluding carboxylic acids is 8. The summed E-state index contributed by atoms with van der Waals surface area (Å²) < 4.78 is 1.73. The lowest BCUT2D eigenvalue weighted by Crippen LogP contribution is -2.60. The van der Waals surface area contributed by atoms with Crippen molar-refractivity contribution in [1.29, 1.82) is 0 Å². The summed E-state index contributed by atoms with van der Waals surface area (Å²) in [6.45, 7) is 3.71. The first-order valence-electron chi connectivity index (χ1n) is 24.6. The molecular formula is C48H67N13O8. The number of primary amides is 2. The standard InChI is InChI=1S/C48H67N13O8/c1-3-24(2)42-48(69)60-22-30(61-23-37(58-59-61)41-27-13-25-12-26(15-27)16-28(41)14-25)18-38(60)47(68)56-35(17-29-21-53-33-9-5-4-8-31(29)33)45(66)54-34(43(51)64)10-6-7-11-52-40(63)19-32(49)44(65)55-36(20-39(50)62)46(67)57-42/h4-5,8-9,21,23-28,30,32,34-36,38,41-42,53H,3,6-7,10-20,22,49H2,1-2H3,(H2,50,62)(H2,51,64)(H,52,63)(H,54,66)(H,55,65)(H,56,68)(H,57,67)/t24?,25?,26?,27?,28?,30-,32-,34-,35-,36-,38-,41?,42-/m0/s1. The number of fused-ring (bicyclic) bond motifs is 2. The lowest BCUT2D eigenvalue weighted by molar-refractivity contribution is -0.143. The number of benzene rings is 1. The Morgan fingerprint density at radius 1 is 0.841 bits per heavy atom. The molecular weight excluding hydrogens is 887 g/mol. The highest BCUT2D eigenvalue weighted by molar-refractivity contribution is 5.99. The van der Waals surface area contributed by atoms with Gasteiger partial charge in [0.1, 0.15) is 30.2 Å². The van der Waals surface area contributed by atoms with E-state index in [2.05, 4.69) is 36.8 Å². The second-order valence-electron chi connectivity index (χ2n) is 20.3. The monoisotopic (exact) mass is 954 g/mol. The number of amides is 8. The van der Waals surface area contributed by atoms with E-state index in [9.17, 15) is 33.6 Å². The van der Waals surface area contributed by atoms with Crippen molar-refractivity contribution in [1.82, 2.24) is 51.5 Å². The molecule has 4 aliphatic carbocycles. The summed E-state index contributed by atoms with van der Waals surface area (Å²) in [6.07, 6.45) is 9.94. The maximum atomic E-state index is 15.2. The molecule has 21 nitrogen and oxygen atoms in total.